The van der Waals surface area contributed by atoms with Gasteiger partial charge in [-0.15, -0.1) is 0 Å². The van der Waals surface area contributed by atoms with Crippen LogP contribution in [-0.4, -0.2) is 35.9 Å². The molecule has 0 spiro atoms. The molecule has 0 aromatic rings. The zero-order valence-electron chi connectivity index (χ0n) is 12.8. The van der Waals surface area contributed by atoms with Crippen LogP contribution in [0, 0.1) is 0 Å². The SMILES string of the molecule is C=NC(CCC(=O)OC(C)(C)C)C(=O)OC(C)(C)C. The van der Waals surface area contributed by atoms with Gasteiger partial charge in [-0.1, -0.05) is 0 Å². The first-order valence-corrected chi connectivity index (χ1v) is 6.35. The molecule has 0 amide bonds. The van der Waals surface area contributed by atoms with Crippen molar-refractivity contribution in [3.63, 3.8) is 0 Å². The van der Waals surface area contributed by atoms with Gasteiger partial charge in [-0.2, -0.15) is 0 Å². The van der Waals surface area contributed by atoms with Crippen LogP contribution in [0.5, 0.6) is 0 Å². The van der Waals surface area contributed by atoms with Gasteiger partial charge in [-0.3, -0.25) is 9.79 Å². The van der Waals surface area contributed by atoms with Gasteiger partial charge < -0.3 is 9.47 Å². The third-order valence-corrected chi connectivity index (χ3v) is 1.94. The molecule has 0 aromatic heterocycles. The first-order valence-electron chi connectivity index (χ1n) is 6.35. The van der Waals surface area contributed by atoms with Crippen molar-refractivity contribution in [2.75, 3.05) is 0 Å². The summed E-state index contributed by atoms with van der Waals surface area (Å²) in [5.41, 5.74) is -1.11. The molecule has 0 N–H and O–H groups in total. The number of rotatable bonds is 5. The Morgan fingerprint density at radius 1 is 1.05 bits per heavy atom. The molecule has 5 nitrogen and oxygen atoms in total. The van der Waals surface area contributed by atoms with E-state index < -0.39 is 23.2 Å². The van der Waals surface area contributed by atoms with E-state index in [9.17, 15) is 9.59 Å². The Kier molecular flexibility index (Phi) is 6.19. The number of hydrogen-bond acceptors (Lipinski definition) is 5. The van der Waals surface area contributed by atoms with Gasteiger partial charge in [-0.05, 0) is 54.7 Å². The van der Waals surface area contributed by atoms with Crippen LogP contribution in [-0.2, 0) is 19.1 Å². The summed E-state index contributed by atoms with van der Waals surface area (Å²) < 4.78 is 10.4. The monoisotopic (exact) mass is 271 g/mol. The minimum absolute atomic E-state index is 0.111. The van der Waals surface area contributed by atoms with Crippen LogP contribution in [0.2, 0.25) is 0 Å². The van der Waals surface area contributed by atoms with E-state index in [0.29, 0.717) is 0 Å². The van der Waals surface area contributed by atoms with Crippen molar-refractivity contribution in [1.82, 2.24) is 0 Å². The lowest BCUT2D eigenvalue weighted by molar-refractivity contribution is -0.157. The molecule has 0 aliphatic heterocycles. The lowest BCUT2D eigenvalue weighted by atomic mass is 10.1. The van der Waals surface area contributed by atoms with Gasteiger partial charge >= 0.3 is 11.9 Å². The average Bonchev–Trinajstić information content (AvgIpc) is 2.12. The van der Waals surface area contributed by atoms with Crippen molar-refractivity contribution in [1.29, 1.82) is 0 Å². The number of esters is 2. The number of carbonyl (C=O) groups excluding carboxylic acids is 2. The van der Waals surface area contributed by atoms with Crippen LogP contribution in [0.1, 0.15) is 54.4 Å². The van der Waals surface area contributed by atoms with Crippen LogP contribution < -0.4 is 0 Å². The molecule has 0 aliphatic carbocycles. The molecule has 0 aliphatic rings. The number of carbonyl (C=O) groups is 2. The van der Waals surface area contributed by atoms with Gasteiger partial charge in [0.1, 0.15) is 17.2 Å². The third kappa shape index (κ3) is 9.22. The molecule has 1 atom stereocenters. The van der Waals surface area contributed by atoms with Gasteiger partial charge in [0.25, 0.3) is 0 Å². The maximum absolute atomic E-state index is 11.8. The van der Waals surface area contributed by atoms with Crippen LogP contribution in [0.25, 0.3) is 0 Å². The standard InChI is InChI=1S/C14H25NO4/c1-13(2,3)18-11(16)9-8-10(15-7)12(17)19-14(4,5)6/h10H,7-9H2,1-6H3. The fourth-order valence-corrected chi connectivity index (χ4v) is 1.30. The predicted octanol–water partition coefficient (Wildman–Crippen LogP) is 2.52. The second kappa shape index (κ2) is 6.68. The van der Waals surface area contributed by atoms with Crippen molar-refractivity contribution >= 4 is 18.7 Å². The minimum Gasteiger partial charge on any atom is -0.460 e. The van der Waals surface area contributed by atoms with Crippen molar-refractivity contribution in [3.8, 4) is 0 Å². The highest BCUT2D eigenvalue weighted by molar-refractivity contribution is 5.78. The minimum atomic E-state index is -0.730. The van der Waals surface area contributed by atoms with E-state index in [2.05, 4.69) is 11.7 Å². The van der Waals surface area contributed by atoms with Gasteiger partial charge in [0.2, 0.25) is 0 Å². The Labute approximate surface area is 115 Å². The van der Waals surface area contributed by atoms with Crippen LogP contribution in [0.3, 0.4) is 0 Å². The maximum Gasteiger partial charge on any atom is 0.331 e. The quantitative estimate of drug-likeness (QED) is 0.569. The molecule has 110 valence electrons. The molecule has 0 rings (SSSR count). The summed E-state index contributed by atoms with van der Waals surface area (Å²) in [5, 5.41) is 0. The van der Waals surface area contributed by atoms with Crippen molar-refractivity contribution in [2.24, 2.45) is 4.99 Å². The predicted molar refractivity (Wildman–Crippen MR) is 74.3 cm³/mol. The van der Waals surface area contributed by atoms with Crippen LogP contribution in [0.15, 0.2) is 4.99 Å². The van der Waals surface area contributed by atoms with E-state index in [0.717, 1.165) is 0 Å². The van der Waals surface area contributed by atoms with Crippen LogP contribution in [0.4, 0.5) is 0 Å². The molecule has 0 heterocycles. The number of aliphatic imine (C=N–C) groups is 1. The van der Waals surface area contributed by atoms with Crippen LogP contribution >= 0.6 is 0 Å². The molecule has 0 saturated carbocycles. The number of hydrogen-bond donors (Lipinski definition) is 0. The van der Waals surface area contributed by atoms with Crippen molar-refractivity contribution in [3.05, 3.63) is 0 Å². The summed E-state index contributed by atoms with van der Waals surface area (Å²) in [6, 6.07) is -0.730. The Balaban J connectivity index is 4.32. The Morgan fingerprint density at radius 2 is 1.53 bits per heavy atom. The van der Waals surface area contributed by atoms with Gasteiger partial charge in [0.05, 0.1) is 0 Å². The lowest BCUT2D eigenvalue weighted by Crippen LogP contribution is -2.31. The largest absolute Gasteiger partial charge is 0.460 e. The highest BCUT2D eigenvalue weighted by atomic mass is 16.6. The molecule has 0 aromatic carbocycles. The molecule has 0 bridgehead atoms. The summed E-state index contributed by atoms with van der Waals surface area (Å²) in [7, 11) is 0. The fourth-order valence-electron chi connectivity index (χ4n) is 1.30. The summed E-state index contributed by atoms with van der Waals surface area (Å²) in [6.07, 6.45) is 0.355. The summed E-state index contributed by atoms with van der Waals surface area (Å²) in [6.45, 7) is 14.1. The van der Waals surface area contributed by atoms with E-state index >= 15 is 0 Å². The Bertz CT molecular complexity index is 336. The molecule has 1 unspecified atom stereocenters. The molecule has 0 fully saturated rings. The molecule has 0 radical (unpaired) electrons. The smallest absolute Gasteiger partial charge is 0.331 e. The van der Waals surface area contributed by atoms with Gasteiger partial charge in [0, 0.05) is 6.42 Å². The second-order valence-electron chi connectivity index (χ2n) is 6.36. The fraction of sp³-hybridized carbons (Fsp3) is 0.786. The molecular formula is C14H25NO4. The van der Waals surface area contributed by atoms with E-state index in [1.54, 1.807) is 41.5 Å². The molecule has 0 saturated heterocycles. The van der Waals surface area contributed by atoms with Gasteiger partial charge in [-0.25, -0.2) is 4.79 Å². The topological polar surface area (TPSA) is 65.0 Å². The maximum atomic E-state index is 11.8. The van der Waals surface area contributed by atoms with E-state index in [4.69, 9.17) is 9.47 Å². The molecule has 19 heavy (non-hydrogen) atoms. The number of nitrogens with zero attached hydrogens (tertiary/aromatic N) is 1. The number of ether oxygens (including phenoxy) is 2. The lowest BCUT2D eigenvalue weighted by Gasteiger charge is -2.22. The first-order chi connectivity index (χ1) is 8.44. The average molecular weight is 271 g/mol. The summed E-state index contributed by atoms with van der Waals surface area (Å²) in [4.78, 5) is 27.0. The zero-order valence-corrected chi connectivity index (χ0v) is 12.8. The highest BCUT2D eigenvalue weighted by Crippen LogP contribution is 2.14. The Morgan fingerprint density at radius 3 is 1.89 bits per heavy atom. The molecular weight excluding hydrogens is 246 g/mol. The third-order valence-electron chi connectivity index (χ3n) is 1.94. The highest BCUT2D eigenvalue weighted by Gasteiger charge is 2.25. The summed E-state index contributed by atoms with van der Waals surface area (Å²) >= 11 is 0. The van der Waals surface area contributed by atoms with Crippen molar-refractivity contribution < 1.29 is 19.1 Å². The van der Waals surface area contributed by atoms with E-state index in [1.165, 1.54) is 0 Å². The van der Waals surface area contributed by atoms with Gasteiger partial charge in [0.15, 0.2) is 0 Å². The second-order valence-corrected chi connectivity index (χ2v) is 6.36. The van der Waals surface area contributed by atoms with E-state index in [-0.39, 0.29) is 18.8 Å². The summed E-state index contributed by atoms with van der Waals surface area (Å²) in [5.74, 6) is -0.823. The van der Waals surface area contributed by atoms with Crippen molar-refractivity contribution in [2.45, 2.75) is 71.6 Å². The molecule has 5 heteroatoms. The first kappa shape index (κ1) is 17.6. The normalized spacial score (nSPS) is 13.6. The van der Waals surface area contributed by atoms with E-state index in [1.807, 2.05) is 0 Å². The Hall–Kier alpha value is -1.39. The zero-order chi connectivity index (χ0) is 15.3.